The van der Waals surface area contributed by atoms with Crippen molar-refractivity contribution in [2.45, 2.75) is 12.1 Å². The largest absolute Gasteiger partial charge is 0.507 e. The van der Waals surface area contributed by atoms with Gasteiger partial charge in [-0.15, -0.1) is 0 Å². The maximum absolute atomic E-state index is 14.6. The summed E-state index contributed by atoms with van der Waals surface area (Å²) in [6.45, 7) is 2.70. The molecule has 0 spiro atoms. The van der Waals surface area contributed by atoms with E-state index in [0.29, 0.717) is 47.7 Å². The summed E-state index contributed by atoms with van der Waals surface area (Å²) in [5, 5.41) is 14.2. The summed E-state index contributed by atoms with van der Waals surface area (Å²) in [5.74, 6) is 0.321. The summed E-state index contributed by atoms with van der Waals surface area (Å²) >= 11 is 6.72. The monoisotopic (exact) mass is 455 g/mol. The zero-order valence-electron chi connectivity index (χ0n) is 16.9. The maximum Gasteiger partial charge on any atom is 0.241 e. The molecule has 2 fully saturated rings. The predicted molar refractivity (Wildman–Crippen MR) is 117 cm³/mol. The van der Waals surface area contributed by atoms with Crippen LogP contribution in [0.4, 0.5) is 10.2 Å². The van der Waals surface area contributed by atoms with Crippen LogP contribution in [0.25, 0.3) is 22.0 Å². The van der Waals surface area contributed by atoms with Gasteiger partial charge in [-0.25, -0.2) is 14.4 Å². The Morgan fingerprint density at radius 2 is 2.16 bits per heavy atom. The molecule has 0 radical (unpaired) electrons. The zero-order chi connectivity index (χ0) is 22.0. The van der Waals surface area contributed by atoms with Crippen LogP contribution in [-0.2, 0) is 4.79 Å². The molecule has 2 N–H and O–H groups in total. The molecule has 0 saturated carbocycles. The van der Waals surface area contributed by atoms with Crippen LogP contribution in [0.1, 0.15) is 0 Å². The fraction of sp³-hybridized carbons (Fsp3) is 0.318. The number of rotatable bonds is 2. The zero-order valence-corrected chi connectivity index (χ0v) is 17.6. The lowest BCUT2D eigenvalue weighted by Crippen LogP contribution is -2.57. The average Bonchev–Trinajstić information content (AvgIpc) is 3.64. The van der Waals surface area contributed by atoms with Gasteiger partial charge in [0.15, 0.2) is 5.75 Å². The number of phenols is 1. The fourth-order valence-corrected chi connectivity index (χ4v) is 4.87. The molecule has 3 aliphatic heterocycles. The van der Waals surface area contributed by atoms with Gasteiger partial charge in [-0.3, -0.25) is 4.79 Å². The second-order valence-electron chi connectivity index (χ2n) is 8.20. The molecule has 1 amide bonds. The van der Waals surface area contributed by atoms with Gasteiger partial charge in [0.1, 0.15) is 30.3 Å². The van der Waals surface area contributed by atoms with Gasteiger partial charge < -0.3 is 25.0 Å². The first-order valence-corrected chi connectivity index (χ1v) is 10.8. The molecule has 0 bridgehead atoms. The minimum absolute atomic E-state index is 0.00455. The smallest absolute Gasteiger partial charge is 0.241 e. The van der Waals surface area contributed by atoms with Crippen molar-refractivity contribution in [3.63, 3.8) is 0 Å². The number of benzene rings is 2. The highest BCUT2D eigenvalue weighted by molar-refractivity contribution is 6.36. The van der Waals surface area contributed by atoms with E-state index in [0.717, 1.165) is 6.54 Å². The normalized spacial score (nSPS) is 21.7. The van der Waals surface area contributed by atoms with Crippen LogP contribution in [0.2, 0.25) is 5.02 Å². The van der Waals surface area contributed by atoms with Crippen molar-refractivity contribution >= 4 is 34.2 Å². The number of phenolic OH excluding ortho intramolecular Hbond substituents is 1. The van der Waals surface area contributed by atoms with Crippen molar-refractivity contribution in [1.82, 2.24) is 20.2 Å². The third kappa shape index (κ3) is 2.96. The molecule has 3 aliphatic rings. The predicted octanol–water partition coefficient (Wildman–Crippen LogP) is 2.18. The number of carbonyl (C=O) groups is 1. The summed E-state index contributed by atoms with van der Waals surface area (Å²) in [6.07, 6.45) is 1.45. The van der Waals surface area contributed by atoms with E-state index in [9.17, 15) is 14.3 Å². The number of carbonyl (C=O) groups excluding carboxylic acids is 1. The number of nitrogens with zero attached hydrogens (tertiary/aromatic N) is 4. The number of aromatic nitrogens is 2. The Kier molecular flexibility index (Phi) is 4.38. The lowest BCUT2D eigenvalue weighted by atomic mass is 10.0. The van der Waals surface area contributed by atoms with Crippen LogP contribution < -0.4 is 15.0 Å². The summed E-state index contributed by atoms with van der Waals surface area (Å²) in [4.78, 5) is 25.4. The van der Waals surface area contributed by atoms with E-state index in [2.05, 4.69) is 20.2 Å². The van der Waals surface area contributed by atoms with Crippen molar-refractivity contribution in [3.05, 3.63) is 41.4 Å². The van der Waals surface area contributed by atoms with Crippen LogP contribution >= 0.6 is 11.6 Å². The highest BCUT2D eigenvalue weighted by Crippen LogP contribution is 2.47. The minimum Gasteiger partial charge on any atom is -0.507 e. The molecular formula is C22H19ClFN5O3. The third-order valence-corrected chi connectivity index (χ3v) is 6.63. The number of nitrogens with one attached hydrogen (secondary N) is 1. The number of hydrogen-bond acceptors (Lipinski definition) is 7. The Labute approximate surface area is 187 Å². The van der Waals surface area contributed by atoms with Crippen molar-refractivity contribution in [1.29, 1.82) is 0 Å². The van der Waals surface area contributed by atoms with Gasteiger partial charge in [0.05, 0.1) is 33.6 Å². The molecule has 164 valence electrons. The first kappa shape index (κ1) is 19.5. The fourth-order valence-electron chi connectivity index (χ4n) is 4.57. The number of aromatic hydroxyl groups is 1. The summed E-state index contributed by atoms with van der Waals surface area (Å²) < 4.78 is 20.8. The van der Waals surface area contributed by atoms with Gasteiger partial charge in [0.25, 0.3) is 0 Å². The van der Waals surface area contributed by atoms with E-state index >= 15 is 0 Å². The van der Waals surface area contributed by atoms with E-state index < -0.39 is 5.82 Å². The lowest BCUT2D eigenvalue weighted by Gasteiger charge is -2.40. The van der Waals surface area contributed by atoms with Gasteiger partial charge in [-0.05, 0) is 18.2 Å². The molecule has 3 aromatic rings. The van der Waals surface area contributed by atoms with Crippen LogP contribution in [0.3, 0.4) is 0 Å². The molecule has 8 nitrogen and oxygen atoms in total. The third-order valence-electron chi connectivity index (χ3n) is 6.25. The van der Waals surface area contributed by atoms with E-state index in [1.807, 2.05) is 4.90 Å². The number of hydrogen-bond donors (Lipinski definition) is 2. The van der Waals surface area contributed by atoms with Gasteiger partial charge in [0, 0.05) is 31.7 Å². The van der Waals surface area contributed by atoms with Crippen LogP contribution in [0, 0.1) is 5.82 Å². The Balaban J connectivity index is 1.46. The van der Waals surface area contributed by atoms with Crippen molar-refractivity contribution < 1.29 is 19.0 Å². The molecule has 2 atom stereocenters. The number of amides is 1. The van der Waals surface area contributed by atoms with E-state index in [1.165, 1.54) is 24.5 Å². The second kappa shape index (κ2) is 7.18. The molecule has 32 heavy (non-hydrogen) atoms. The minimum atomic E-state index is -0.596. The molecule has 2 saturated heterocycles. The molecule has 6 rings (SSSR count). The van der Waals surface area contributed by atoms with Gasteiger partial charge in [-0.1, -0.05) is 17.7 Å². The number of fused-ring (bicyclic) bond motifs is 2. The first-order chi connectivity index (χ1) is 15.5. The van der Waals surface area contributed by atoms with Gasteiger partial charge in [0.2, 0.25) is 5.91 Å². The van der Waals surface area contributed by atoms with Crippen LogP contribution in [-0.4, -0.2) is 70.8 Å². The van der Waals surface area contributed by atoms with E-state index in [4.69, 9.17) is 16.3 Å². The molecule has 10 heteroatoms. The van der Waals surface area contributed by atoms with Crippen molar-refractivity contribution in [2.24, 2.45) is 0 Å². The Bertz CT molecular complexity index is 1250. The van der Waals surface area contributed by atoms with Gasteiger partial charge in [-0.2, -0.15) is 0 Å². The number of halogens is 2. The standard InChI is InChI=1S/C22H19ClFN5O3/c23-19-12(17-13(24)2-1-3-16(17)30)6-14-18-20(19)32-9-11-8-28(22(31)15-7-25-15)4-5-29(11)21(18)27-10-26-14/h1-3,6,10-11,15,25,30H,4-5,7-9H2/t11-,15+/m0/s1. The van der Waals surface area contributed by atoms with E-state index in [1.54, 1.807) is 6.07 Å². The molecule has 4 heterocycles. The quantitative estimate of drug-likeness (QED) is 0.571. The Morgan fingerprint density at radius 3 is 2.94 bits per heavy atom. The molecule has 0 aliphatic carbocycles. The Hall–Kier alpha value is -3.17. The van der Waals surface area contributed by atoms with E-state index in [-0.39, 0.29) is 40.9 Å². The second-order valence-corrected chi connectivity index (χ2v) is 8.57. The van der Waals surface area contributed by atoms with Crippen LogP contribution in [0.15, 0.2) is 30.6 Å². The summed E-state index contributed by atoms with van der Waals surface area (Å²) in [6, 6.07) is 5.55. The maximum atomic E-state index is 14.6. The first-order valence-electron chi connectivity index (χ1n) is 10.4. The highest BCUT2D eigenvalue weighted by Gasteiger charge is 2.39. The Morgan fingerprint density at radius 1 is 1.31 bits per heavy atom. The summed E-state index contributed by atoms with van der Waals surface area (Å²) in [5.41, 5.74) is 0.828. The topological polar surface area (TPSA) is 101 Å². The number of piperazine rings is 1. The van der Waals surface area contributed by atoms with Crippen molar-refractivity contribution in [3.8, 4) is 22.6 Å². The lowest BCUT2D eigenvalue weighted by molar-refractivity contribution is -0.131. The highest BCUT2D eigenvalue weighted by atomic mass is 35.5. The molecular weight excluding hydrogens is 437 g/mol. The average molecular weight is 456 g/mol. The molecule has 2 aromatic carbocycles. The number of ether oxygens (including phenoxy) is 1. The van der Waals surface area contributed by atoms with Crippen LogP contribution in [0.5, 0.6) is 11.5 Å². The molecule has 1 aromatic heterocycles. The van der Waals surface area contributed by atoms with Gasteiger partial charge >= 0.3 is 0 Å². The van der Waals surface area contributed by atoms with Crippen molar-refractivity contribution in [2.75, 3.05) is 37.7 Å². The molecule has 0 unspecified atom stereocenters. The SMILES string of the molecule is O=C([C@H]1CN1)N1CCN2c3ncnc4cc(-c5c(O)cccc5F)c(Cl)c(c34)OC[C@@H]2C1. The number of anilines is 1. The summed E-state index contributed by atoms with van der Waals surface area (Å²) in [7, 11) is 0.